The molecule has 1 aromatic heterocycles. The summed E-state index contributed by atoms with van der Waals surface area (Å²) in [5.41, 5.74) is 1.37. The van der Waals surface area contributed by atoms with Crippen LogP contribution in [0.4, 0.5) is 5.69 Å². The van der Waals surface area contributed by atoms with Gasteiger partial charge in [0.1, 0.15) is 23.7 Å². The van der Waals surface area contributed by atoms with E-state index in [1.54, 1.807) is 0 Å². The molecule has 0 unspecified atom stereocenters. The molecule has 1 amide bonds. The number of hydrogen-bond acceptors (Lipinski definition) is 9. The molecule has 0 aliphatic carbocycles. The summed E-state index contributed by atoms with van der Waals surface area (Å²) in [4.78, 5) is 42.0. The number of nitrogens with zero attached hydrogens (tertiary/aromatic N) is 3. The summed E-state index contributed by atoms with van der Waals surface area (Å²) in [6.45, 7) is 1.80. The Bertz CT molecular complexity index is 1170. The first kappa shape index (κ1) is 23.6. The van der Waals surface area contributed by atoms with Crippen LogP contribution in [0, 0.1) is 17.0 Å². The largest absolute Gasteiger partial charge is 0.456 e. The zero-order valence-electron chi connectivity index (χ0n) is 17.1. The lowest BCUT2D eigenvalue weighted by atomic mass is 10.0. The molecule has 33 heavy (non-hydrogen) atoms. The number of aryl methyl sites for hydroxylation is 1. The summed E-state index contributed by atoms with van der Waals surface area (Å²) in [5, 5.41) is 16.6. The van der Waals surface area contributed by atoms with Crippen molar-refractivity contribution in [1.82, 2.24) is 15.2 Å². The van der Waals surface area contributed by atoms with Gasteiger partial charge in [-0.2, -0.15) is 0 Å². The van der Waals surface area contributed by atoms with Crippen LogP contribution < -0.4 is 5.32 Å². The van der Waals surface area contributed by atoms with Crippen LogP contribution in [0.5, 0.6) is 0 Å². The number of fused-ring (bicyclic) bond motifs is 1. The summed E-state index contributed by atoms with van der Waals surface area (Å²) < 4.78 is 5.33. The number of thiocarbonyl (C=S) groups is 1. The molecule has 172 valence electrons. The molecule has 9 nitrogen and oxygen atoms in total. The van der Waals surface area contributed by atoms with E-state index in [0.717, 1.165) is 10.7 Å². The minimum atomic E-state index is -0.726. The first-order valence-corrected chi connectivity index (χ1v) is 12.4. The number of thioether (sulfide) groups is 1. The van der Waals surface area contributed by atoms with E-state index < -0.39 is 16.9 Å². The first-order chi connectivity index (χ1) is 15.7. The Morgan fingerprint density at radius 1 is 1.42 bits per heavy atom. The number of carbonyl (C=O) groups is 2. The van der Waals surface area contributed by atoms with E-state index >= 15 is 0 Å². The average Bonchev–Trinajstić information content (AvgIpc) is 3.20. The highest BCUT2D eigenvalue weighted by Gasteiger charge is 2.54. The summed E-state index contributed by atoms with van der Waals surface area (Å²) in [6, 6.07) is 5.09. The molecule has 0 bridgehead atoms. The van der Waals surface area contributed by atoms with E-state index in [-0.39, 0.29) is 34.3 Å². The maximum atomic E-state index is 12.8. The van der Waals surface area contributed by atoms with Crippen LogP contribution in [-0.2, 0) is 27.4 Å². The molecule has 3 heterocycles. The molecule has 13 heteroatoms. The van der Waals surface area contributed by atoms with Crippen molar-refractivity contribution in [3.05, 3.63) is 66.8 Å². The van der Waals surface area contributed by atoms with Gasteiger partial charge in [0.05, 0.1) is 25.6 Å². The summed E-state index contributed by atoms with van der Waals surface area (Å²) in [5.74, 6) is -0.686. The molecule has 1 aromatic carbocycles. The number of β-lactam (4-membered cyclic amide) rings is 1. The van der Waals surface area contributed by atoms with Crippen molar-refractivity contribution in [3.63, 3.8) is 0 Å². The summed E-state index contributed by atoms with van der Waals surface area (Å²) >= 11 is 14.6. The molecule has 2 atom stereocenters. The third kappa shape index (κ3) is 5.03. The van der Waals surface area contributed by atoms with Gasteiger partial charge in [-0.05, 0) is 24.6 Å². The second-order valence-electron chi connectivity index (χ2n) is 7.24. The van der Waals surface area contributed by atoms with Crippen LogP contribution >= 0.6 is 46.9 Å². The van der Waals surface area contributed by atoms with Crippen molar-refractivity contribution in [2.45, 2.75) is 31.4 Å². The molecule has 2 aliphatic heterocycles. The number of rotatable bonds is 7. The molecular formula is C20H17ClN4O5S3. The van der Waals surface area contributed by atoms with Gasteiger partial charge >= 0.3 is 5.97 Å². The maximum absolute atomic E-state index is 12.8. The van der Waals surface area contributed by atoms with E-state index in [9.17, 15) is 19.7 Å². The van der Waals surface area contributed by atoms with Gasteiger partial charge in [-0.15, -0.1) is 23.1 Å². The quantitative estimate of drug-likeness (QED) is 0.191. The zero-order chi connectivity index (χ0) is 23.7. The predicted molar refractivity (Wildman–Crippen MR) is 129 cm³/mol. The molecule has 1 N–H and O–H groups in total. The van der Waals surface area contributed by atoms with E-state index in [0.29, 0.717) is 22.7 Å². The zero-order valence-corrected chi connectivity index (χ0v) is 20.4. The topological polar surface area (TPSA) is 115 Å². The van der Waals surface area contributed by atoms with Crippen molar-refractivity contribution < 1.29 is 19.2 Å². The van der Waals surface area contributed by atoms with E-state index in [4.69, 9.17) is 28.6 Å². The first-order valence-electron chi connectivity index (χ1n) is 9.68. The second kappa shape index (κ2) is 9.75. The molecule has 1 saturated heterocycles. The molecule has 2 aliphatic rings. The number of nitro benzene ring substituents is 1. The number of non-ortho nitro benzene ring substituents is 1. The van der Waals surface area contributed by atoms with Gasteiger partial charge < -0.3 is 10.1 Å². The lowest BCUT2D eigenvalue weighted by molar-refractivity contribution is -0.384. The van der Waals surface area contributed by atoms with Gasteiger partial charge in [-0.25, -0.2) is 9.78 Å². The van der Waals surface area contributed by atoms with Crippen LogP contribution in [0.1, 0.15) is 16.3 Å². The maximum Gasteiger partial charge on any atom is 0.356 e. The molecule has 2 aromatic rings. The molecule has 0 radical (unpaired) electrons. The highest BCUT2D eigenvalue weighted by Crippen LogP contribution is 2.41. The van der Waals surface area contributed by atoms with Crippen LogP contribution in [-0.4, -0.2) is 48.8 Å². The Hall–Kier alpha value is -2.54. The number of nitrogens with one attached hydrogen (secondary N) is 1. The van der Waals surface area contributed by atoms with Gasteiger partial charge in [-0.3, -0.25) is 19.8 Å². The fraction of sp³-hybridized carbons (Fsp3) is 0.300. The number of amides is 1. The van der Waals surface area contributed by atoms with Gasteiger partial charge in [-0.1, -0.05) is 23.8 Å². The van der Waals surface area contributed by atoms with Crippen molar-refractivity contribution in [2.75, 3.05) is 5.75 Å². The predicted octanol–water partition coefficient (Wildman–Crippen LogP) is 3.30. The van der Waals surface area contributed by atoms with Crippen molar-refractivity contribution in [2.24, 2.45) is 0 Å². The molecule has 4 rings (SSSR count). The number of benzene rings is 1. The van der Waals surface area contributed by atoms with Crippen molar-refractivity contribution >= 4 is 69.5 Å². The van der Waals surface area contributed by atoms with E-state index in [1.165, 1.54) is 52.3 Å². The van der Waals surface area contributed by atoms with Crippen molar-refractivity contribution in [3.8, 4) is 0 Å². The molecule has 0 spiro atoms. The number of carbonyl (C=O) groups excluding carboxylic acids is 2. The van der Waals surface area contributed by atoms with Gasteiger partial charge in [0, 0.05) is 29.7 Å². The third-order valence-corrected chi connectivity index (χ3v) is 7.79. The minimum Gasteiger partial charge on any atom is -0.456 e. The monoisotopic (exact) mass is 524 g/mol. The molecule has 1 fully saturated rings. The third-order valence-electron chi connectivity index (χ3n) is 4.96. The Morgan fingerprint density at radius 3 is 2.79 bits per heavy atom. The SMILES string of the molecule is Cc1nc(CC(=S)N[C@@H]2C(=O)N3C(C(=O)OCc4ccc([N+](=O)[O-])cc4)=C(Cl)CS[C@H]23)cs1. The minimum absolute atomic E-state index is 0.0198. The van der Waals surface area contributed by atoms with Crippen LogP contribution in [0.25, 0.3) is 0 Å². The fourth-order valence-electron chi connectivity index (χ4n) is 3.38. The number of aromatic nitrogens is 1. The van der Waals surface area contributed by atoms with Crippen LogP contribution in [0.15, 0.2) is 40.4 Å². The summed E-state index contributed by atoms with van der Waals surface area (Å²) in [6.07, 6.45) is 0.432. The van der Waals surface area contributed by atoms with Crippen LogP contribution in [0.3, 0.4) is 0 Å². The summed E-state index contributed by atoms with van der Waals surface area (Å²) in [7, 11) is 0. The number of esters is 1. The Labute approximate surface area is 207 Å². The number of halogens is 1. The highest BCUT2D eigenvalue weighted by atomic mass is 35.5. The van der Waals surface area contributed by atoms with Gasteiger partial charge in [0.15, 0.2) is 0 Å². The van der Waals surface area contributed by atoms with Crippen molar-refractivity contribution in [1.29, 1.82) is 0 Å². The Morgan fingerprint density at radius 2 is 2.15 bits per heavy atom. The Balaban J connectivity index is 1.37. The van der Waals surface area contributed by atoms with E-state index in [1.807, 2.05) is 12.3 Å². The second-order valence-corrected chi connectivity index (χ2v) is 10.4. The van der Waals surface area contributed by atoms with Crippen LogP contribution in [0.2, 0.25) is 0 Å². The fourth-order valence-corrected chi connectivity index (χ4v) is 5.82. The lowest BCUT2D eigenvalue weighted by Gasteiger charge is -2.49. The molecule has 0 saturated carbocycles. The smallest absolute Gasteiger partial charge is 0.356 e. The molecular weight excluding hydrogens is 508 g/mol. The normalized spacial score (nSPS) is 19.6. The standard InChI is InChI=1S/C20H17ClN4O5S3/c1-10-22-12(8-32-10)6-15(31)23-16-18(26)24-17(14(21)9-33-19(16)24)20(27)30-7-11-2-4-13(5-3-11)25(28)29/h2-5,8,16,19H,6-7,9H2,1H3,(H,23,31)/t16-,19-/m1/s1. The number of ether oxygens (including phenoxy) is 1. The number of thiazole rings is 1. The highest BCUT2D eigenvalue weighted by molar-refractivity contribution is 8.00. The lowest BCUT2D eigenvalue weighted by Crippen LogP contribution is -2.70. The average molecular weight is 525 g/mol. The Kier molecular flexibility index (Phi) is 6.98. The van der Waals surface area contributed by atoms with E-state index in [2.05, 4.69) is 10.3 Å². The van der Waals surface area contributed by atoms with Gasteiger partial charge in [0.25, 0.3) is 11.6 Å². The number of hydrogen-bond donors (Lipinski definition) is 1. The number of nitro groups is 1. The van der Waals surface area contributed by atoms with Gasteiger partial charge in [0.2, 0.25) is 0 Å².